The van der Waals surface area contributed by atoms with Gasteiger partial charge in [-0.25, -0.2) is 14.4 Å². The zero-order valence-electron chi connectivity index (χ0n) is 19.5. The van der Waals surface area contributed by atoms with Crippen LogP contribution in [-0.2, 0) is 0 Å². The van der Waals surface area contributed by atoms with Crippen LogP contribution in [0.5, 0.6) is 0 Å². The van der Waals surface area contributed by atoms with Crippen LogP contribution in [0.1, 0.15) is 46.8 Å². The van der Waals surface area contributed by atoms with Crippen LogP contribution in [0.3, 0.4) is 0 Å². The van der Waals surface area contributed by atoms with Gasteiger partial charge in [-0.1, -0.05) is 30.2 Å². The first kappa shape index (κ1) is 23.5. The highest BCUT2D eigenvalue weighted by Crippen LogP contribution is 2.31. The van der Waals surface area contributed by atoms with Crippen molar-refractivity contribution in [2.75, 3.05) is 19.6 Å². The van der Waals surface area contributed by atoms with Crippen molar-refractivity contribution in [3.63, 3.8) is 0 Å². The quantitative estimate of drug-likeness (QED) is 0.388. The number of piperidine rings is 1. The van der Waals surface area contributed by atoms with Crippen LogP contribution in [0.4, 0.5) is 4.39 Å². The molecule has 1 saturated heterocycles. The van der Waals surface area contributed by atoms with Gasteiger partial charge in [-0.05, 0) is 74.3 Å². The summed E-state index contributed by atoms with van der Waals surface area (Å²) in [6.07, 6.45) is 8.49. The van der Waals surface area contributed by atoms with E-state index in [4.69, 9.17) is 11.6 Å². The third kappa shape index (κ3) is 4.79. The van der Waals surface area contributed by atoms with Crippen LogP contribution in [0.25, 0.3) is 16.9 Å². The van der Waals surface area contributed by atoms with E-state index < -0.39 is 0 Å². The maximum Gasteiger partial charge on any atom is 0.253 e. The van der Waals surface area contributed by atoms with Crippen molar-refractivity contribution >= 4 is 28.4 Å². The minimum Gasteiger partial charge on any atom is -0.350 e. The molecule has 35 heavy (non-hydrogen) atoms. The lowest BCUT2D eigenvalue weighted by Crippen LogP contribution is -2.41. The van der Waals surface area contributed by atoms with E-state index in [9.17, 15) is 9.18 Å². The number of rotatable bonds is 6. The molecule has 1 N–H and O–H groups in total. The summed E-state index contributed by atoms with van der Waals surface area (Å²) in [6.45, 7) is 4.23. The predicted molar refractivity (Wildman–Crippen MR) is 136 cm³/mol. The molecule has 3 heterocycles. The van der Waals surface area contributed by atoms with E-state index in [1.54, 1.807) is 41.4 Å². The van der Waals surface area contributed by atoms with Gasteiger partial charge < -0.3 is 5.32 Å². The first-order valence-corrected chi connectivity index (χ1v) is 12.3. The third-order valence-corrected chi connectivity index (χ3v) is 6.98. The number of likely N-dealkylation sites (tertiary alicyclic amines) is 1. The SMILES string of the molecule is Cc1cc(F)ccc1C(CNC(=O)c1cn(-c2ncccn2)c2cccc(Cl)c12)N1CCCCC1. The largest absolute Gasteiger partial charge is 0.350 e. The molecule has 1 fully saturated rings. The normalized spacial score (nSPS) is 15.3. The van der Waals surface area contributed by atoms with Crippen molar-refractivity contribution < 1.29 is 9.18 Å². The summed E-state index contributed by atoms with van der Waals surface area (Å²) in [4.78, 5) is 24.6. The Kier molecular flexibility index (Phi) is 6.79. The van der Waals surface area contributed by atoms with Crippen LogP contribution >= 0.6 is 11.6 Å². The average molecular weight is 492 g/mol. The van der Waals surface area contributed by atoms with Crippen molar-refractivity contribution in [1.29, 1.82) is 0 Å². The molecule has 6 nitrogen and oxygen atoms in total. The summed E-state index contributed by atoms with van der Waals surface area (Å²) in [5, 5.41) is 4.28. The topological polar surface area (TPSA) is 63.1 Å². The zero-order valence-corrected chi connectivity index (χ0v) is 20.3. The van der Waals surface area contributed by atoms with Gasteiger partial charge in [-0.2, -0.15) is 0 Å². The summed E-state index contributed by atoms with van der Waals surface area (Å²) in [7, 11) is 0. The van der Waals surface area contributed by atoms with Gasteiger partial charge in [0.2, 0.25) is 5.95 Å². The fraction of sp³-hybridized carbons (Fsp3) is 0.296. The maximum absolute atomic E-state index is 13.8. The summed E-state index contributed by atoms with van der Waals surface area (Å²) in [5.41, 5.74) is 3.14. The van der Waals surface area contributed by atoms with E-state index in [0.29, 0.717) is 28.5 Å². The van der Waals surface area contributed by atoms with E-state index in [1.807, 2.05) is 25.1 Å². The molecular weight excluding hydrogens is 465 g/mol. The van der Waals surface area contributed by atoms with Crippen LogP contribution < -0.4 is 5.32 Å². The Labute approximate surface area is 208 Å². The Morgan fingerprint density at radius 2 is 1.89 bits per heavy atom. The second-order valence-electron chi connectivity index (χ2n) is 8.92. The molecule has 0 radical (unpaired) electrons. The molecule has 1 aliphatic heterocycles. The summed E-state index contributed by atoms with van der Waals surface area (Å²) in [5.74, 6) is -0.00948. The minimum absolute atomic E-state index is 0.0406. The maximum atomic E-state index is 13.8. The van der Waals surface area contributed by atoms with Crippen LogP contribution in [0.15, 0.2) is 61.1 Å². The molecule has 2 aromatic heterocycles. The van der Waals surface area contributed by atoms with Crippen LogP contribution in [0, 0.1) is 12.7 Å². The lowest BCUT2D eigenvalue weighted by atomic mass is 9.97. The van der Waals surface area contributed by atoms with Gasteiger partial charge in [0, 0.05) is 30.5 Å². The predicted octanol–water partition coefficient (Wildman–Crippen LogP) is 5.48. The number of aromatic nitrogens is 3. The highest BCUT2D eigenvalue weighted by molar-refractivity contribution is 6.37. The number of aryl methyl sites for hydroxylation is 1. The molecule has 8 heteroatoms. The number of fused-ring (bicyclic) bond motifs is 1. The molecule has 1 unspecified atom stereocenters. The van der Waals surface area contributed by atoms with Gasteiger partial charge in [0.15, 0.2) is 0 Å². The number of amides is 1. The second-order valence-corrected chi connectivity index (χ2v) is 9.33. The number of carbonyl (C=O) groups is 1. The summed E-state index contributed by atoms with van der Waals surface area (Å²) >= 11 is 6.55. The van der Waals surface area contributed by atoms with Gasteiger partial charge in [0.25, 0.3) is 5.91 Å². The number of hydrogen-bond acceptors (Lipinski definition) is 4. The molecule has 180 valence electrons. The van der Waals surface area contributed by atoms with Crippen LogP contribution in [-0.4, -0.2) is 45.0 Å². The van der Waals surface area contributed by atoms with Gasteiger partial charge in [0.05, 0.1) is 22.1 Å². The van der Waals surface area contributed by atoms with Crippen molar-refractivity contribution in [2.45, 2.75) is 32.2 Å². The number of nitrogens with zero attached hydrogens (tertiary/aromatic N) is 4. The van der Waals surface area contributed by atoms with E-state index in [2.05, 4.69) is 20.2 Å². The second kappa shape index (κ2) is 10.1. The highest BCUT2D eigenvalue weighted by Gasteiger charge is 2.26. The first-order valence-electron chi connectivity index (χ1n) is 11.9. The Bertz CT molecular complexity index is 1350. The Morgan fingerprint density at radius 3 is 2.63 bits per heavy atom. The van der Waals surface area contributed by atoms with Crippen LogP contribution in [0.2, 0.25) is 5.02 Å². The number of halogens is 2. The van der Waals surface area contributed by atoms with E-state index in [-0.39, 0.29) is 17.8 Å². The number of nitrogens with one attached hydrogen (secondary N) is 1. The molecule has 5 rings (SSSR count). The molecule has 0 aliphatic carbocycles. The standard InChI is InChI=1S/C27H27ClFN5O/c1-18-15-19(29)9-10-20(18)24(33-13-3-2-4-14-33)16-32-26(35)21-17-34(27-30-11-6-12-31-27)23-8-5-7-22(28)25(21)23/h5-12,15,17,24H,2-4,13-14,16H2,1H3,(H,32,35). The fourth-order valence-corrected chi connectivity index (χ4v) is 5.23. The lowest BCUT2D eigenvalue weighted by molar-refractivity contribution is 0.0925. The van der Waals surface area contributed by atoms with Gasteiger partial charge in [-0.15, -0.1) is 0 Å². The lowest BCUT2D eigenvalue weighted by Gasteiger charge is -2.35. The van der Waals surface area contributed by atoms with Crippen molar-refractivity contribution in [3.05, 3.63) is 88.6 Å². The molecule has 2 aromatic carbocycles. The van der Waals surface area contributed by atoms with Gasteiger partial charge >= 0.3 is 0 Å². The number of hydrogen-bond donors (Lipinski definition) is 1. The molecular formula is C27H27ClFN5O. The monoisotopic (exact) mass is 491 g/mol. The van der Waals surface area contributed by atoms with Crippen molar-refractivity contribution in [1.82, 2.24) is 24.8 Å². The number of carbonyl (C=O) groups excluding carboxylic acids is 1. The first-order chi connectivity index (χ1) is 17.0. The highest BCUT2D eigenvalue weighted by atomic mass is 35.5. The Morgan fingerprint density at radius 1 is 1.11 bits per heavy atom. The molecule has 1 amide bonds. The Hall–Kier alpha value is -3.29. The zero-order chi connectivity index (χ0) is 24.4. The van der Waals surface area contributed by atoms with Gasteiger partial charge in [-0.3, -0.25) is 14.3 Å². The smallest absolute Gasteiger partial charge is 0.253 e. The average Bonchev–Trinajstić information content (AvgIpc) is 3.27. The summed E-state index contributed by atoms with van der Waals surface area (Å²) in [6, 6.07) is 12.1. The van der Waals surface area contributed by atoms with Crippen molar-refractivity contribution in [3.8, 4) is 5.95 Å². The molecule has 0 bridgehead atoms. The van der Waals surface area contributed by atoms with Crippen molar-refractivity contribution in [2.24, 2.45) is 0 Å². The minimum atomic E-state index is -0.252. The van der Waals surface area contributed by atoms with Gasteiger partial charge in [0.1, 0.15) is 5.82 Å². The van der Waals surface area contributed by atoms with E-state index in [0.717, 1.165) is 42.6 Å². The molecule has 4 aromatic rings. The molecule has 0 spiro atoms. The Balaban J connectivity index is 1.47. The van der Waals surface area contributed by atoms with E-state index in [1.165, 1.54) is 12.5 Å². The summed E-state index contributed by atoms with van der Waals surface area (Å²) < 4.78 is 15.6. The molecule has 1 atom stereocenters. The molecule has 1 aliphatic rings. The third-order valence-electron chi connectivity index (χ3n) is 6.67. The fourth-order valence-electron chi connectivity index (χ4n) is 4.96. The van der Waals surface area contributed by atoms with E-state index >= 15 is 0 Å². The molecule has 0 saturated carbocycles. The number of benzene rings is 2.